The predicted molar refractivity (Wildman–Crippen MR) is 39.1 cm³/mol. The quantitative estimate of drug-likeness (QED) is 0.377. The summed E-state index contributed by atoms with van der Waals surface area (Å²) in [7, 11) is 0. The van der Waals surface area contributed by atoms with Gasteiger partial charge in [-0.2, -0.15) is 0 Å². The molecule has 1 aliphatic rings. The standard InChI is InChI=1S/C6H6BrNO/c7-6(5-9)3-1-2-4-8-6/h1-5,8H. The Kier molecular flexibility index (Phi) is 1.71. The first-order valence-electron chi connectivity index (χ1n) is 2.54. The van der Waals surface area contributed by atoms with Crippen molar-refractivity contribution in [1.82, 2.24) is 5.32 Å². The molecular formula is C6H6BrNO. The largest absolute Gasteiger partial charge is 0.367 e. The number of carbonyl (C=O) groups excluding carboxylic acids is 1. The fourth-order valence-corrected chi connectivity index (χ4v) is 0.833. The Morgan fingerprint density at radius 1 is 1.56 bits per heavy atom. The fourth-order valence-electron chi connectivity index (χ4n) is 0.548. The smallest absolute Gasteiger partial charge is 0.167 e. The second-order valence-corrected chi connectivity index (χ2v) is 3.06. The van der Waals surface area contributed by atoms with E-state index in [4.69, 9.17) is 0 Å². The summed E-state index contributed by atoms with van der Waals surface area (Å²) in [5, 5.41) is 2.83. The maximum atomic E-state index is 10.3. The molecule has 1 heterocycles. The van der Waals surface area contributed by atoms with E-state index in [2.05, 4.69) is 21.2 Å². The number of aldehydes is 1. The van der Waals surface area contributed by atoms with Gasteiger partial charge in [-0.3, -0.25) is 4.79 Å². The second kappa shape index (κ2) is 2.35. The molecular weight excluding hydrogens is 182 g/mol. The highest BCUT2D eigenvalue weighted by atomic mass is 79.9. The molecule has 9 heavy (non-hydrogen) atoms. The molecule has 48 valence electrons. The van der Waals surface area contributed by atoms with Gasteiger partial charge in [0.25, 0.3) is 0 Å². The van der Waals surface area contributed by atoms with Gasteiger partial charge in [0.1, 0.15) is 0 Å². The van der Waals surface area contributed by atoms with Crippen LogP contribution in [-0.4, -0.2) is 10.7 Å². The number of hydrogen-bond donors (Lipinski definition) is 1. The minimum atomic E-state index is -0.665. The fraction of sp³-hybridized carbons (Fsp3) is 0.167. The summed E-state index contributed by atoms with van der Waals surface area (Å²) in [6.45, 7) is 0. The third kappa shape index (κ3) is 1.42. The maximum Gasteiger partial charge on any atom is 0.167 e. The van der Waals surface area contributed by atoms with Crippen molar-refractivity contribution in [3.05, 3.63) is 24.4 Å². The zero-order valence-corrected chi connectivity index (χ0v) is 6.26. The highest BCUT2D eigenvalue weighted by Gasteiger charge is 2.20. The van der Waals surface area contributed by atoms with Gasteiger partial charge in [0, 0.05) is 0 Å². The van der Waals surface area contributed by atoms with Crippen LogP contribution in [0.2, 0.25) is 0 Å². The first-order valence-corrected chi connectivity index (χ1v) is 3.33. The Bertz CT molecular complexity index is 176. The van der Waals surface area contributed by atoms with Gasteiger partial charge in [0.2, 0.25) is 0 Å². The molecule has 3 heteroatoms. The lowest BCUT2D eigenvalue weighted by molar-refractivity contribution is -0.109. The molecule has 1 N–H and O–H groups in total. The number of halogens is 1. The van der Waals surface area contributed by atoms with Crippen molar-refractivity contribution < 1.29 is 4.79 Å². The van der Waals surface area contributed by atoms with Crippen molar-refractivity contribution in [2.75, 3.05) is 0 Å². The molecule has 1 aliphatic heterocycles. The van der Waals surface area contributed by atoms with Gasteiger partial charge in [-0.15, -0.1) is 0 Å². The van der Waals surface area contributed by atoms with Crippen molar-refractivity contribution in [2.45, 2.75) is 4.45 Å². The molecule has 0 saturated heterocycles. The molecule has 0 radical (unpaired) electrons. The molecule has 0 spiro atoms. The van der Waals surface area contributed by atoms with E-state index in [0.29, 0.717) is 0 Å². The Labute approximate surface area is 61.8 Å². The summed E-state index contributed by atoms with van der Waals surface area (Å²) < 4.78 is -0.665. The van der Waals surface area contributed by atoms with E-state index in [1.54, 1.807) is 18.4 Å². The van der Waals surface area contributed by atoms with Gasteiger partial charge in [0.05, 0.1) is 0 Å². The molecule has 0 aliphatic carbocycles. The van der Waals surface area contributed by atoms with Crippen LogP contribution in [0.1, 0.15) is 0 Å². The lowest BCUT2D eigenvalue weighted by Gasteiger charge is -2.18. The van der Waals surface area contributed by atoms with E-state index in [1.807, 2.05) is 6.08 Å². The minimum Gasteiger partial charge on any atom is -0.367 e. The predicted octanol–water partition coefficient (Wildman–Crippen LogP) is 0.950. The van der Waals surface area contributed by atoms with Crippen LogP contribution in [0.15, 0.2) is 24.4 Å². The zero-order valence-electron chi connectivity index (χ0n) is 4.67. The van der Waals surface area contributed by atoms with Crippen molar-refractivity contribution >= 4 is 22.2 Å². The van der Waals surface area contributed by atoms with E-state index >= 15 is 0 Å². The van der Waals surface area contributed by atoms with E-state index in [0.717, 1.165) is 6.29 Å². The number of alkyl halides is 1. The highest BCUT2D eigenvalue weighted by molar-refractivity contribution is 9.10. The molecule has 0 aromatic rings. The third-order valence-electron chi connectivity index (χ3n) is 1.02. The van der Waals surface area contributed by atoms with Crippen LogP contribution in [0.4, 0.5) is 0 Å². The Morgan fingerprint density at radius 2 is 2.33 bits per heavy atom. The number of hydrogen-bond acceptors (Lipinski definition) is 2. The SMILES string of the molecule is O=CC1(Br)C=CC=CN1. The van der Waals surface area contributed by atoms with Crippen LogP contribution in [-0.2, 0) is 4.79 Å². The highest BCUT2D eigenvalue weighted by Crippen LogP contribution is 2.14. The lowest BCUT2D eigenvalue weighted by atomic mass is 10.2. The van der Waals surface area contributed by atoms with Crippen LogP contribution in [0.3, 0.4) is 0 Å². The van der Waals surface area contributed by atoms with Crippen LogP contribution in [0.25, 0.3) is 0 Å². The van der Waals surface area contributed by atoms with Crippen LogP contribution >= 0.6 is 15.9 Å². The summed E-state index contributed by atoms with van der Waals surface area (Å²) in [4.78, 5) is 10.3. The van der Waals surface area contributed by atoms with Gasteiger partial charge in [0.15, 0.2) is 10.7 Å². The Balaban J connectivity index is 2.73. The van der Waals surface area contributed by atoms with Gasteiger partial charge in [-0.1, -0.05) is 6.08 Å². The molecule has 0 bridgehead atoms. The van der Waals surface area contributed by atoms with Gasteiger partial charge >= 0.3 is 0 Å². The van der Waals surface area contributed by atoms with Crippen LogP contribution in [0.5, 0.6) is 0 Å². The van der Waals surface area contributed by atoms with Crippen molar-refractivity contribution in [3.63, 3.8) is 0 Å². The topological polar surface area (TPSA) is 29.1 Å². The zero-order chi connectivity index (χ0) is 6.74. The molecule has 0 aromatic carbocycles. The van der Waals surface area contributed by atoms with Crippen LogP contribution in [0, 0.1) is 0 Å². The average Bonchev–Trinajstić information content (AvgIpc) is 1.90. The lowest BCUT2D eigenvalue weighted by Crippen LogP contribution is -2.36. The van der Waals surface area contributed by atoms with E-state index in [-0.39, 0.29) is 0 Å². The number of carbonyl (C=O) groups is 1. The minimum absolute atomic E-state index is 0.665. The summed E-state index contributed by atoms with van der Waals surface area (Å²) in [6, 6.07) is 0. The normalized spacial score (nSPS) is 31.7. The first-order chi connectivity index (χ1) is 4.27. The summed E-state index contributed by atoms with van der Waals surface area (Å²) >= 11 is 3.18. The first kappa shape index (κ1) is 6.55. The van der Waals surface area contributed by atoms with Crippen LogP contribution < -0.4 is 5.32 Å². The molecule has 1 rings (SSSR count). The van der Waals surface area contributed by atoms with Gasteiger partial charge < -0.3 is 5.32 Å². The number of nitrogens with one attached hydrogen (secondary N) is 1. The van der Waals surface area contributed by atoms with Gasteiger partial charge in [-0.25, -0.2) is 0 Å². The van der Waals surface area contributed by atoms with Gasteiger partial charge in [-0.05, 0) is 34.3 Å². The number of allylic oxidation sites excluding steroid dienone is 2. The molecule has 1 atom stereocenters. The van der Waals surface area contributed by atoms with Crippen molar-refractivity contribution in [3.8, 4) is 0 Å². The Hall–Kier alpha value is -0.570. The number of dihydropyridines is 1. The molecule has 0 aromatic heterocycles. The molecule has 2 nitrogen and oxygen atoms in total. The molecule has 0 fully saturated rings. The van der Waals surface area contributed by atoms with E-state index in [9.17, 15) is 4.79 Å². The molecule has 0 amide bonds. The third-order valence-corrected chi connectivity index (χ3v) is 1.70. The second-order valence-electron chi connectivity index (χ2n) is 1.75. The monoisotopic (exact) mass is 187 g/mol. The average molecular weight is 188 g/mol. The van der Waals surface area contributed by atoms with Crippen molar-refractivity contribution in [2.24, 2.45) is 0 Å². The molecule has 0 saturated carbocycles. The van der Waals surface area contributed by atoms with E-state index in [1.165, 1.54) is 0 Å². The number of rotatable bonds is 1. The van der Waals surface area contributed by atoms with E-state index < -0.39 is 4.45 Å². The summed E-state index contributed by atoms with van der Waals surface area (Å²) in [5.41, 5.74) is 0. The Morgan fingerprint density at radius 3 is 2.67 bits per heavy atom. The summed E-state index contributed by atoms with van der Waals surface area (Å²) in [5.74, 6) is 0. The molecule has 1 unspecified atom stereocenters. The van der Waals surface area contributed by atoms with Crippen molar-refractivity contribution in [1.29, 1.82) is 0 Å². The summed E-state index contributed by atoms with van der Waals surface area (Å²) in [6.07, 6.45) is 7.87. The maximum absolute atomic E-state index is 10.3.